The van der Waals surface area contributed by atoms with E-state index in [4.69, 9.17) is 48.2 Å². The zero-order valence-electron chi connectivity index (χ0n) is 21.3. The number of methoxy groups -OCH3 is 5. The highest BCUT2D eigenvalue weighted by Gasteiger charge is 2.18. The lowest BCUT2D eigenvalue weighted by Gasteiger charge is -2.17. The molecular weight excluding hydrogens is 494 g/mol. The van der Waals surface area contributed by atoms with Gasteiger partial charge in [-0.25, -0.2) is 4.79 Å². The van der Waals surface area contributed by atoms with Gasteiger partial charge in [-0.15, -0.1) is 0 Å². The lowest BCUT2D eigenvalue weighted by molar-refractivity contribution is -0.668. The highest BCUT2D eigenvalue weighted by atomic mass is 16.5. The fourth-order valence-electron chi connectivity index (χ4n) is 3.07. The maximum atomic E-state index is 10.5. The van der Waals surface area contributed by atoms with E-state index in [1.807, 2.05) is 5.32 Å². The van der Waals surface area contributed by atoms with E-state index in [2.05, 4.69) is 0 Å². The highest BCUT2D eigenvalue weighted by Crippen LogP contribution is 2.40. The number of nitrogens with two attached hydrogens (primary N) is 1. The summed E-state index contributed by atoms with van der Waals surface area (Å²) >= 11 is 0. The van der Waals surface area contributed by atoms with E-state index in [0.29, 0.717) is 53.2 Å². The van der Waals surface area contributed by atoms with E-state index >= 15 is 0 Å². The van der Waals surface area contributed by atoms with Gasteiger partial charge in [-0.05, 0) is 18.2 Å². The summed E-state index contributed by atoms with van der Waals surface area (Å²) in [5, 5.41) is 38.9. The summed E-state index contributed by atoms with van der Waals surface area (Å²) < 4.78 is 32.1. The molecule has 0 aromatic heterocycles. The Balaban J connectivity index is 0.00000102. The molecule has 2 unspecified atom stereocenters. The van der Waals surface area contributed by atoms with Gasteiger partial charge in [-0.3, -0.25) is 0 Å². The molecule has 0 aliphatic heterocycles. The molecule has 0 aliphatic carbocycles. The number of rotatable bonds is 13. The number of hydrogen-bond acceptors (Lipinski definition) is 11. The molecule has 2 rings (SSSR count). The summed E-state index contributed by atoms with van der Waals surface area (Å²) in [6.45, 7) is 0.742. The average molecular weight is 528 g/mol. The van der Waals surface area contributed by atoms with Gasteiger partial charge in [0.2, 0.25) is 5.75 Å². The van der Waals surface area contributed by atoms with Crippen LogP contribution >= 0.6 is 0 Å². The van der Waals surface area contributed by atoms with Crippen molar-refractivity contribution < 1.29 is 63.8 Å². The lowest BCUT2D eigenvalue weighted by atomic mass is 10.1. The Hall–Kier alpha value is -3.94. The molecule has 0 saturated carbocycles. The fraction of sp³-hybridized carbons (Fsp3) is 0.417. The first-order valence-electron chi connectivity index (χ1n) is 10.9. The van der Waals surface area contributed by atoms with Gasteiger partial charge < -0.3 is 59.0 Å². The molecule has 0 bridgehead atoms. The molecule has 2 aromatic rings. The van der Waals surface area contributed by atoms with Crippen LogP contribution in [-0.4, -0.2) is 88.6 Å². The molecule has 0 heterocycles. The molecule has 13 nitrogen and oxygen atoms in total. The molecule has 2 aromatic carbocycles. The maximum Gasteiger partial charge on any atom is 0.351 e. The summed E-state index contributed by atoms with van der Waals surface area (Å²) in [4.78, 5) is 18.0. The number of carboxylic acid groups (broad SMARTS) is 2. The van der Waals surface area contributed by atoms with Crippen molar-refractivity contribution in [3.63, 3.8) is 0 Å². The second-order valence-corrected chi connectivity index (χ2v) is 7.30. The Bertz CT molecular complexity index is 976. The van der Waals surface area contributed by atoms with Crippen LogP contribution in [0, 0.1) is 0 Å². The van der Waals surface area contributed by atoms with Crippen LogP contribution in [0.15, 0.2) is 30.3 Å². The molecular formula is C24H33NO12. The van der Waals surface area contributed by atoms with Crippen LogP contribution in [0.2, 0.25) is 0 Å². The number of carbonyl (C=O) groups excluding carboxylic acids is 1. The van der Waals surface area contributed by atoms with E-state index in [9.17, 15) is 10.2 Å². The van der Waals surface area contributed by atoms with E-state index in [0.717, 1.165) is 0 Å². The second kappa shape index (κ2) is 15.9. The minimum atomic E-state index is -2.07. The minimum absolute atomic E-state index is 0.0632. The molecule has 0 amide bonds. The average Bonchev–Trinajstić information content (AvgIpc) is 2.90. The molecule has 37 heavy (non-hydrogen) atoms. The molecule has 13 heteroatoms. The molecule has 0 spiro atoms. The van der Waals surface area contributed by atoms with Crippen molar-refractivity contribution >= 4 is 11.9 Å². The first-order valence-corrected chi connectivity index (χ1v) is 10.9. The summed E-state index contributed by atoms with van der Waals surface area (Å²) in [6.07, 6.45) is -1.54. The van der Waals surface area contributed by atoms with E-state index in [-0.39, 0.29) is 6.61 Å². The third-order valence-electron chi connectivity index (χ3n) is 4.88. The smallest absolute Gasteiger partial charge is 0.351 e. The molecule has 206 valence electrons. The number of carboxylic acids is 2. The highest BCUT2D eigenvalue weighted by molar-refractivity contribution is 6.26. The van der Waals surface area contributed by atoms with Crippen LogP contribution in [0.5, 0.6) is 34.5 Å². The van der Waals surface area contributed by atoms with E-state index < -0.39 is 24.1 Å². The number of carbonyl (C=O) groups is 2. The van der Waals surface area contributed by atoms with Crippen molar-refractivity contribution in [1.82, 2.24) is 0 Å². The predicted molar refractivity (Wildman–Crippen MR) is 126 cm³/mol. The minimum Gasteiger partial charge on any atom is -0.539 e. The van der Waals surface area contributed by atoms with Gasteiger partial charge in [0.1, 0.15) is 49.2 Å². The first-order chi connectivity index (χ1) is 17.6. The Kier molecular flexibility index (Phi) is 13.4. The number of hydrogen-bond donors (Lipinski definition) is 4. The van der Waals surface area contributed by atoms with Gasteiger partial charge in [-0.2, -0.15) is 0 Å². The zero-order valence-corrected chi connectivity index (χ0v) is 21.3. The summed E-state index contributed by atoms with van der Waals surface area (Å²) in [7, 11) is 7.68. The van der Waals surface area contributed by atoms with Crippen molar-refractivity contribution in [3.05, 3.63) is 35.9 Å². The SMILES string of the molecule is COc1ccc(OC)c(C(O)C[NH2+]CC(O)COc2cc(OC)c(OC)c(OC)c2)c1.O=C([O-])C(=O)O. The van der Waals surface area contributed by atoms with Gasteiger partial charge in [-0.1, -0.05) is 0 Å². The second-order valence-electron chi connectivity index (χ2n) is 7.30. The summed E-state index contributed by atoms with van der Waals surface area (Å²) in [5.41, 5.74) is 0.626. The van der Waals surface area contributed by atoms with Crippen LogP contribution in [0.1, 0.15) is 11.7 Å². The topological polar surface area (TPSA) is 190 Å². The molecule has 0 aliphatic rings. The van der Waals surface area contributed by atoms with E-state index in [1.165, 1.54) is 21.3 Å². The van der Waals surface area contributed by atoms with Gasteiger partial charge in [0.05, 0.1) is 35.5 Å². The summed E-state index contributed by atoms with van der Waals surface area (Å²) in [6, 6.07) is 8.58. The molecule has 2 atom stereocenters. The van der Waals surface area contributed by atoms with Gasteiger partial charge >= 0.3 is 5.97 Å². The van der Waals surface area contributed by atoms with Crippen LogP contribution < -0.4 is 38.8 Å². The van der Waals surface area contributed by atoms with Crippen molar-refractivity contribution in [2.24, 2.45) is 0 Å². The number of quaternary nitrogens is 1. The Morgan fingerprint density at radius 3 is 1.86 bits per heavy atom. The first kappa shape index (κ1) is 31.1. The number of aliphatic hydroxyl groups excluding tert-OH is 2. The number of aliphatic carboxylic acids is 2. The number of benzene rings is 2. The number of aliphatic hydroxyl groups is 2. The Labute approximate surface area is 214 Å². The van der Waals surface area contributed by atoms with E-state index in [1.54, 1.807) is 44.6 Å². The summed E-state index contributed by atoms with van der Waals surface area (Å²) in [5.74, 6) is -0.920. The fourth-order valence-corrected chi connectivity index (χ4v) is 3.07. The quantitative estimate of drug-likeness (QED) is 0.223. The van der Waals surface area contributed by atoms with Crippen molar-refractivity contribution in [2.45, 2.75) is 12.2 Å². The molecule has 0 fully saturated rings. The van der Waals surface area contributed by atoms with Crippen molar-refractivity contribution in [2.75, 3.05) is 55.2 Å². The molecule has 0 radical (unpaired) electrons. The third-order valence-corrected chi connectivity index (χ3v) is 4.88. The van der Waals surface area contributed by atoms with Gasteiger partial charge in [0.15, 0.2) is 17.5 Å². The Morgan fingerprint density at radius 2 is 1.41 bits per heavy atom. The van der Waals surface area contributed by atoms with Crippen LogP contribution in [0.4, 0.5) is 0 Å². The zero-order chi connectivity index (χ0) is 28.0. The van der Waals surface area contributed by atoms with Crippen molar-refractivity contribution in [1.29, 1.82) is 0 Å². The van der Waals surface area contributed by atoms with Gasteiger partial charge in [0.25, 0.3) is 0 Å². The molecule has 0 saturated heterocycles. The van der Waals surface area contributed by atoms with Crippen LogP contribution in [0.3, 0.4) is 0 Å². The molecule has 5 N–H and O–H groups in total. The number of ether oxygens (including phenoxy) is 6. The van der Waals surface area contributed by atoms with Crippen LogP contribution in [0.25, 0.3) is 0 Å². The monoisotopic (exact) mass is 527 g/mol. The van der Waals surface area contributed by atoms with Crippen molar-refractivity contribution in [3.8, 4) is 34.5 Å². The largest absolute Gasteiger partial charge is 0.539 e. The standard InChI is InChI=1S/C22H31NO8.C2H2O4/c1-26-15-6-7-19(27-2)17(8-15)18(25)12-23-11-14(24)13-31-16-9-20(28-3)22(30-5)21(10-16)29-4;3-1(4)2(5)6/h6-10,14,18,23-25H,11-13H2,1-5H3;(H,3,4)(H,5,6). The van der Waals surface area contributed by atoms with Gasteiger partial charge in [0, 0.05) is 17.7 Å². The third kappa shape index (κ3) is 9.91. The van der Waals surface area contributed by atoms with Crippen LogP contribution in [-0.2, 0) is 9.59 Å². The predicted octanol–water partition coefficient (Wildman–Crippen LogP) is -1.41. The normalized spacial score (nSPS) is 11.8. The Morgan fingerprint density at radius 1 is 0.838 bits per heavy atom. The maximum absolute atomic E-state index is 10.5. The lowest BCUT2D eigenvalue weighted by Crippen LogP contribution is -2.87.